The molecule has 0 aliphatic rings. The fourth-order valence-corrected chi connectivity index (χ4v) is 4.04. The molecule has 0 spiro atoms. The van der Waals surface area contributed by atoms with Gasteiger partial charge in [-0.25, -0.2) is 0 Å². The molecule has 0 heterocycles. The lowest BCUT2D eigenvalue weighted by atomic mass is 9.84. The third-order valence-corrected chi connectivity index (χ3v) is 5.83. The predicted molar refractivity (Wildman–Crippen MR) is 132 cm³/mol. The zero-order valence-electron chi connectivity index (χ0n) is 19.7. The van der Waals surface area contributed by atoms with Crippen molar-refractivity contribution in [2.45, 2.75) is 59.8 Å². The molecule has 0 bridgehead atoms. The van der Waals surface area contributed by atoms with Gasteiger partial charge in [0, 0.05) is 5.92 Å². The van der Waals surface area contributed by atoms with E-state index in [4.69, 9.17) is 4.74 Å². The van der Waals surface area contributed by atoms with E-state index in [2.05, 4.69) is 75.0 Å². The Balaban J connectivity index is 2.12. The zero-order valence-corrected chi connectivity index (χ0v) is 19.7. The molecule has 2 atom stereocenters. The lowest BCUT2D eigenvalue weighted by molar-refractivity contribution is -0.113. The van der Waals surface area contributed by atoms with Gasteiger partial charge in [0.05, 0.1) is 12.4 Å². The van der Waals surface area contributed by atoms with E-state index < -0.39 is 0 Å². The molecule has 0 aliphatic carbocycles. The standard InChI is InChI=1S/C29H38O2/c1-6-11-29(31-7-2)23(4)20-26(15-14-22(3)24(5)30)21-25-16-18-28(19-17-25)27-12-9-8-10-13-27/h8-13,16-19,23,26H,3,6-7,14-15,20-21H2,1-2,4-5H3/b29-11+/t23-,26?/m1/s1. The molecule has 2 aromatic carbocycles. The second kappa shape index (κ2) is 12.9. The number of rotatable bonds is 13. The molecule has 2 aromatic rings. The van der Waals surface area contributed by atoms with Crippen molar-refractivity contribution in [1.29, 1.82) is 0 Å². The van der Waals surface area contributed by atoms with Gasteiger partial charge in [0.1, 0.15) is 0 Å². The van der Waals surface area contributed by atoms with Crippen molar-refractivity contribution < 1.29 is 9.53 Å². The van der Waals surface area contributed by atoms with Crippen LogP contribution in [-0.2, 0) is 16.0 Å². The Kier molecular flexibility index (Phi) is 10.3. The molecule has 0 amide bonds. The van der Waals surface area contributed by atoms with E-state index in [1.54, 1.807) is 6.92 Å². The summed E-state index contributed by atoms with van der Waals surface area (Å²) >= 11 is 0. The Bertz CT molecular complexity index is 846. The molecule has 2 nitrogen and oxygen atoms in total. The Labute approximate surface area is 189 Å². The van der Waals surface area contributed by atoms with Crippen molar-refractivity contribution >= 4 is 5.78 Å². The average Bonchev–Trinajstić information content (AvgIpc) is 2.78. The summed E-state index contributed by atoms with van der Waals surface area (Å²) in [6.45, 7) is 12.7. The highest BCUT2D eigenvalue weighted by atomic mass is 16.5. The third kappa shape index (κ3) is 8.20. The van der Waals surface area contributed by atoms with Gasteiger partial charge in [0.15, 0.2) is 5.78 Å². The van der Waals surface area contributed by atoms with Crippen LogP contribution in [0.3, 0.4) is 0 Å². The lowest BCUT2D eigenvalue weighted by Gasteiger charge is -2.24. The van der Waals surface area contributed by atoms with Gasteiger partial charge < -0.3 is 4.74 Å². The van der Waals surface area contributed by atoms with Crippen molar-refractivity contribution in [3.05, 3.63) is 84.1 Å². The van der Waals surface area contributed by atoms with Crippen molar-refractivity contribution in [2.24, 2.45) is 11.8 Å². The van der Waals surface area contributed by atoms with Crippen LogP contribution in [0.25, 0.3) is 11.1 Å². The van der Waals surface area contributed by atoms with E-state index in [-0.39, 0.29) is 5.78 Å². The largest absolute Gasteiger partial charge is 0.498 e. The van der Waals surface area contributed by atoms with Gasteiger partial charge >= 0.3 is 0 Å². The monoisotopic (exact) mass is 418 g/mol. The minimum atomic E-state index is 0.0971. The van der Waals surface area contributed by atoms with Gasteiger partial charge in [0.25, 0.3) is 0 Å². The van der Waals surface area contributed by atoms with E-state index in [0.29, 0.717) is 18.4 Å². The topological polar surface area (TPSA) is 26.3 Å². The molecule has 0 aliphatic heterocycles. The van der Waals surface area contributed by atoms with E-state index in [0.717, 1.165) is 43.4 Å². The number of Topliss-reactive ketones (excluding diaryl/α,β-unsaturated/α-hetero) is 1. The van der Waals surface area contributed by atoms with Crippen molar-refractivity contribution in [1.82, 2.24) is 0 Å². The molecule has 1 unspecified atom stereocenters. The minimum Gasteiger partial charge on any atom is -0.498 e. The number of hydrogen-bond donors (Lipinski definition) is 0. The number of hydrogen-bond acceptors (Lipinski definition) is 2. The molecule has 166 valence electrons. The number of allylic oxidation sites excluding steroid dienone is 3. The number of ketones is 1. The molecule has 31 heavy (non-hydrogen) atoms. The molecule has 0 N–H and O–H groups in total. The number of ether oxygens (including phenoxy) is 1. The maximum Gasteiger partial charge on any atom is 0.155 e. The Morgan fingerprint density at radius 2 is 1.68 bits per heavy atom. The highest BCUT2D eigenvalue weighted by molar-refractivity contribution is 5.92. The van der Waals surface area contributed by atoms with Crippen LogP contribution in [0.5, 0.6) is 0 Å². The second-order valence-corrected chi connectivity index (χ2v) is 8.42. The Hall–Kier alpha value is -2.61. The van der Waals surface area contributed by atoms with Crippen LogP contribution in [0.4, 0.5) is 0 Å². The number of carbonyl (C=O) groups is 1. The Morgan fingerprint density at radius 1 is 1.03 bits per heavy atom. The smallest absolute Gasteiger partial charge is 0.155 e. The summed E-state index contributed by atoms with van der Waals surface area (Å²) in [5.41, 5.74) is 4.54. The summed E-state index contributed by atoms with van der Waals surface area (Å²) in [6.07, 6.45) is 6.94. The summed E-state index contributed by atoms with van der Waals surface area (Å²) in [7, 11) is 0. The fourth-order valence-electron chi connectivity index (χ4n) is 4.04. The van der Waals surface area contributed by atoms with Crippen molar-refractivity contribution in [2.75, 3.05) is 6.61 Å². The molecular formula is C29H38O2. The molecule has 0 fully saturated rings. The first kappa shape index (κ1) is 24.7. The van der Waals surface area contributed by atoms with E-state index in [1.807, 2.05) is 13.0 Å². The highest BCUT2D eigenvalue weighted by Crippen LogP contribution is 2.29. The summed E-state index contributed by atoms with van der Waals surface area (Å²) in [4.78, 5) is 11.7. The van der Waals surface area contributed by atoms with Crippen LogP contribution >= 0.6 is 0 Å². The molecule has 0 saturated carbocycles. The normalized spacial score (nSPS) is 13.5. The van der Waals surface area contributed by atoms with Gasteiger partial charge in [-0.2, -0.15) is 0 Å². The van der Waals surface area contributed by atoms with Gasteiger partial charge in [-0.3, -0.25) is 4.79 Å². The summed E-state index contributed by atoms with van der Waals surface area (Å²) in [5.74, 6) is 2.02. The van der Waals surface area contributed by atoms with E-state index in [9.17, 15) is 4.79 Å². The molecule has 2 heteroatoms. The number of benzene rings is 2. The van der Waals surface area contributed by atoms with Crippen LogP contribution < -0.4 is 0 Å². The molecule has 2 rings (SSSR count). The van der Waals surface area contributed by atoms with Crippen LogP contribution in [0, 0.1) is 11.8 Å². The van der Waals surface area contributed by atoms with Crippen LogP contribution in [-0.4, -0.2) is 12.4 Å². The Morgan fingerprint density at radius 3 is 2.26 bits per heavy atom. The van der Waals surface area contributed by atoms with Gasteiger partial charge in [0.2, 0.25) is 0 Å². The van der Waals surface area contributed by atoms with E-state index in [1.165, 1.54) is 16.7 Å². The van der Waals surface area contributed by atoms with Crippen molar-refractivity contribution in [3.8, 4) is 11.1 Å². The quantitative estimate of drug-likeness (QED) is 0.245. The number of carbonyl (C=O) groups excluding carboxylic acids is 1. The summed E-state index contributed by atoms with van der Waals surface area (Å²) in [6, 6.07) is 19.4. The molecular weight excluding hydrogens is 380 g/mol. The van der Waals surface area contributed by atoms with Crippen LogP contribution in [0.15, 0.2) is 78.6 Å². The minimum absolute atomic E-state index is 0.0971. The van der Waals surface area contributed by atoms with Gasteiger partial charge in [-0.15, -0.1) is 0 Å². The van der Waals surface area contributed by atoms with Crippen LogP contribution in [0.2, 0.25) is 0 Å². The third-order valence-electron chi connectivity index (χ3n) is 5.83. The maximum absolute atomic E-state index is 11.7. The molecule has 0 radical (unpaired) electrons. The highest BCUT2D eigenvalue weighted by Gasteiger charge is 2.19. The second-order valence-electron chi connectivity index (χ2n) is 8.42. The first-order valence-electron chi connectivity index (χ1n) is 11.6. The lowest BCUT2D eigenvalue weighted by Crippen LogP contribution is -2.14. The average molecular weight is 419 g/mol. The first-order chi connectivity index (χ1) is 14.9. The summed E-state index contributed by atoms with van der Waals surface area (Å²) in [5, 5.41) is 0. The first-order valence-corrected chi connectivity index (χ1v) is 11.6. The molecule has 0 saturated heterocycles. The SMILES string of the molecule is C=C(CCC(Cc1ccc(-c2ccccc2)cc1)C[C@@H](C)/C(=C\CC)OCC)C(C)=O. The maximum atomic E-state index is 11.7. The van der Waals surface area contributed by atoms with Crippen molar-refractivity contribution in [3.63, 3.8) is 0 Å². The zero-order chi connectivity index (χ0) is 22.6. The fraction of sp³-hybridized carbons (Fsp3) is 0.414. The van der Waals surface area contributed by atoms with Gasteiger partial charge in [-0.1, -0.05) is 75.0 Å². The van der Waals surface area contributed by atoms with E-state index >= 15 is 0 Å². The predicted octanol–water partition coefficient (Wildman–Crippen LogP) is 7.79. The summed E-state index contributed by atoms with van der Waals surface area (Å²) < 4.78 is 5.91. The molecule has 0 aromatic heterocycles. The van der Waals surface area contributed by atoms with Gasteiger partial charge in [-0.05, 0) is 80.2 Å². The van der Waals surface area contributed by atoms with Crippen LogP contribution in [0.1, 0.15) is 58.9 Å².